The first-order chi connectivity index (χ1) is 9.65. The average molecular weight is 264 g/mol. The summed E-state index contributed by atoms with van der Waals surface area (Å²) in [6, 6.07) is 14.2. The smallest absolute Gasteiger partial charge is 0.193 e. The fraction of sp³-hybridized carbons (Fsp3) is 0.316. The quantitative estimate of drug-likeness (QED) is 0.728. The molecular formula is C19H20O. The Kier molecular flexibility index (Phi) is 3.43. The maximum atomic E-state index is 12.5. The van der Waals surface area contributed by atoms with Gasteiger partial charge in [-0.3, -0.25) is 4.79 Å². The van der Waals surface area contributed by atoms with Crippen molar-refractivity contribution >= 4 is 5.78 Å². The fourth-order valence-corrected chi connectivity index (χ4v) is 2.87. The van der Waals surface area contributed by atoms with Gasteiger partial charge in [0.1, 0.15) is 0 Å². The van der Waals surface area contributed by atoms with Gasteiger partial charge in [0.05, 0.1) is 0 Å². The van der Waals surface area contributed by atoms with E-state index in [4.69, 9.17) is 0 Å². The van der Waals surface area contributed by atoms with Gasteiger partial charge in [0.2, 0.25) is 0 Å². The van der Waals surface area contributed by atoms with E-state index >= 15 is 0 Å². The van der Waals surface area contributed by atoms with Crippen LogP contribution in [0.3, 0.4) is 0 Å². The van der Waals surface area contributed by atoms with E-state index in [-0.39, 0.29) is 5.78 Å². The van der Waals surface area contributed by atoms with Gasteiger partial charge < -0.3 is 0 Å². The van der Waals surface area contributed by atoms with Crippen LogP contribution < -0.4 is 0 Å². The maximum absolute atomic E-state index is 12.5. The molecule has 20 heavy (non-hydrogen) atoms. The second-order valence-electron chi connectivity index (χ2n) is 5.90. The van der Waals surface area contributed by atoms with Crippen molar-refractivity contribution in [3.63, 3.8) is 0 Å². The van der Waals surface area contributed by atoms with E-state index < -0.39 is 0 Å². The molecule has 0 heterocycles. The number of hydrogen-bond acceptors (Lipinski definition) is 1. The van der Waals surface area contributed by atoms with Crippen molar-refractivity contribution in [1.82, 2.24) is 0 Å². The molecule has 0 spiro atoms. The second-order valence-corrected chi connectivity index (χ2v) is 5.90. The van der Waals surface area contributed by atoms with Crippen molar-refractivity contribution in [2.75, 3.05) is 0 Å². The molecule has 2 aromatic carbocycles. The summed E-state index contributed by atoms with van der Waals surface area (Å²) in [6.45, 7) is 4.05. The summed E-state index contributed by atoms with van der Waals surface area (Å²) in [4.78, 5) is 12.5. The Morgan fingerprint density at radius 3 is 2.25 bits per heavy atom. The van der Waals surface area contributed by atoms with Gasteiger partial charge >= 0.3 is 0 Å². The molecule has 1 nitrogen and oxygen atoms in total. The van der Waals surface area contributed by atoms with Crippen LogP contribution in [0.2, 0.25) is 0 Å². The number of carbonyl (C=O) groups excluding carboxylic acids is 1. The Bertz CT molecular complexity index is 633. The van der Waals surface area contributed by atoms with Crippen molar-refractivity contribution in [2.24, 2.45) is 0 Å². The summed E-state index contributed by atoms with van der Waals surface area (Å²) in [5.74, 6) is 0.850. The number of aryl methyl sites for hydroxylation is 2. The van der Waals surface area contributed by atoms with Gasteiger partial charge in [0, 0.05) is 11.1 Å². The highest BCUT2D eigenvalue weighted by Gasteiger charge is 2.19. The van der Waals surface area contributed by atoms with Crippen LogP contribution >= 0.6 is 0 Å². The lowest BCUT2D eigenvalue weighted by Crippen LogP contribution is -2.09. The molecule has 0 radical (unpaired) electrons. The minimum Gasteiger partial charge on any atom is -0.289 e. The van der Waals surface area contributed by atoms with Crippen molar-refractivity contribution in [2.45, 2.75) is 39.0 Å². The minimum atomic E-state index is 0.127. The van der Waals surface area contributed by atoms with Crippen LogP contribution in [0.4, 0.5) is 0 Å². The molecule has 0 saturated heterocycles. The van der Waals surface area contributed by atoms with Gasteiger partial charge in [-0.25, -0.2) is 0 Å². The highest BCUT2D eigenvalue weighted by Crippen LogP contribution is 2.36. The highest BCUT2D eigenvalue weighted by atomic mass is 16.1. The number of hydrogen-bond donors (Lipinski definition) is 0. The van der Waals surface area contributed by atoms with Crippen molar-refractivity contribution in [1.29, 1.82) is 0 Å². The summed E-state index contributed by atoms with van der Waals surface area (Å²) in [7, 11) is 0. The molecular weight excluding hydrogens is 244 g/mol. The van der Waals surface area contributed by atoms with Crippen LogP contribution in [-0.2, 0) is 0 Å². The molecule has 1 aliphatic rings. The fourth-order valence-electron chi connectivity index (χ4n) is 2.87. The largest absolute Gasteiger partial charge is 0.289 e. The predicted molar refractivity (Wildman–Crippen MR) is 82.4 cm³/mol. The molecule has 1 fully saturated rings. The van der Waals surface area contributed by atoms with Gasteiger partial charge in [-0.1, -0.05) is 54.4 Å². The molecule has 0 aromatic heterocycles. The lowest BCUT2D eigenvalue weighted by molar-refractivity contribution is 0.103. The molecule has 0 amide bonds. The number of rotatable bonds is 3. The average Bonchev–Trinajstić information content (AvgIpc) is 2.37. The maximum Gasteiger partial charge on any atom is 0.193 e. The Morgan fingerprint density at radius 2 is 1.70 bits per heavy atom. The summed E-state index contributed by atoms with van der Waals surface area (Å²) in [6.07, 6.45) is 3.93. The van der Waals surface area contributed by atoms with Crippen molar-refractivity contribution in [3.05, 3.63) is 70.3 Å². The van der Waals surface area contributed by atoms with Crippen LogP contribution in [-0.4, -0.2) is 5.78 Å². The van der Waals surface area contributed by atoms with Crippen LogP contribution in [0, 0.1) is 13.8 Å². The lowest BCUT2D eigenvalue weighted by Gasteiger charge is -2.25. The molecule has 102 valence electrons. The van der Waals surface area contributed by atoms with Crippen LogP contribution in [0.5, 0.6) is 0 Å². The molecule has 0 unspecified atom stereocenters. The first-order valence-corrected chi connectivity index (χ1v) is 7.37. The second kappa shape index (κ2) is 5.24. The van der Waals surface area contributed by atoms with Crippen molar-refractivity contribution in [3.8, 4) is 0 Å². The SMILES string of the molecule is Cc1ccc(C(=O)c2ccc(C3CCC3)cc2)c(C)c1. The summed E-state index contributed by atoms with van der Waals surface area (Å²) >= 11 is 0. The zero-order valence-corrected chi connectivity index (χ0v) is 12.1. The molecule has 1 aliphatic carbocycles. The van der Waals surface area contributed by atoms with Crippen LogP contribution in [0.25, 0.3) is 0 Å². The Balaban J connectivity index is 1.86. The topological polar surface area (TPSA) is 17.1 Å². The first-order valence-electron chi connectivity index (χ1n) is 7.37. The summed E-state index contributed by atoms with van der Waals surface area (Å²) in [5.41, 5.74) is 5.23. The molecule has 1 saturated carbocycles. The van der Waals surface area contributed by atoms with E-state index in [0.29, 0.717) is 0 Å². The Hall–Kier alpha value is -1.89. The predicted octanol–water partition coefficient (Wildman–Crippen LogP) is 4.80. The van der Waals surface area contributed by atoms with E-state index in [2.05, 4.69) is 25.1 Å². The first kappa shape index (κ1) is 13.1. The molecule has 0 N–H and O–H groups in total. The summed E-state index contributed by atoms with van der Waals surface area (Å²) < 4.78 is 0. The van der Waals surface area contributed by atoms with Crippen molar-refractivity contribution < 1.29 is 4.79 Å². The number of carbonyl (C=O) groups is 1. The van der Waals surface area contributed by atoms with E-state index in [1.807, 2.05) is 31.2 Å². The monoisotopic (exact) mass is 264 g/mol. The minimum absolute atomic E-state index is 0.127. The third-order valence-corrected chi connectivity index (χ3v) is 4.38. The number of ketones is 1. The van der Waals surface area contributed by atoms with Gasteiger partial charge in [-0.2, -0.15) is 0 Å². The van der Waals surface area contributed by atoms with E-state index in [1.165, 1.54) is 30.4 Å². The van der Waals surface area contributed by atoms with Gasteiger partial charge in [-0.15, -0.1) is 0 Å². The molecule has 2 aromatic rings. The lowest BCUT2D eigenvalue weighted by atomic mass is 9.80. The Morgan fingerprint density at radius 1 is 1.00 bits per heavy atom. The van der Waals surface area contributed by atoms with Gasteiger partial charge in [0.15, 0.2) is 5.78 Å². The van der Waals surface area contributed by atoms with Gasteiger partial charge in [-0.05, 0) is 43.7 Å². The Labute approximate surface area is 120 Å². The van der Waals surface area contributed by atoms with E-state index in [9.17, 15) is 4.79 Å². The van der Waals surface area contributed by atoms with E-state index in [0.717, 1.165) is 22.6 Å². The zero-order chi connectivity index (χ0) is 14.1. The molecule has 0 aliphatic heterocycles. The van der Waals surface area contributed by atoms with Crippen LogP contribution in [0.1, 0.15) is 57.8 Å². The zero-order valence-electron chi connectivity index (χ0n) is 12.1. The standard InChI is InChI=1S/C19H20O/c1-13-6-11-18(14(2)12-13)19(20)17-9-7-16(8-10-17)15-4-3-5-15/h6-12,15H,3-5H2,1-2H3. The third kappa shape index (κ3) is 2.40. The molecule has 1 heteroatoms. The summed E-state index contributed by atoms with van der Waals surface area (Å²) in [5, 5.41) is 0. The highest BCUT2D eigenvalue weighted by molar-refractivity contribution is 6.09. The third-order valence-electron chi connectivity index (χ3n) is 4.38. The normalized spacial score (nSPS) is 14.9. The van der Waals surface area contributed by atoms with Crippen LogP contribution in [0.15, 0.2) is 42.5 Å². The van der Waals surface area contributed by atoms with Gasteiger partial charge in [0.25, 0.3) is 0 Å². The van der Waals surface area contributed by atoms with E-state index in [1.54, 1.807) is 0 Å². The molecule has 0 bridgehead atoms. The number of benzene rings is 2. The molecule has 0 atom stereocenters. The molecule has 3 rings (SSSR count).